The first-order valence-corrected chi connectivity index (χ1v) is 7.27. The van der Waals surface area contributed by atoms with E-state index in [0.717, 1.165) is 10.9 Å². The van der Waals surface area contributed by atoms with Crippen molar-refractivity contribution < 1.29 is 0 Å². The van der Waals surface area contributed by atoms with Crippen molar-refractivity contribution in [2.75, 3.05) is 0 Å². The lowest BCUT2D eigenvalue weighted by Crippen LogP contribution is -2.36. The summed E-state index contributed by atoms with van der Waals surface area (Å²) >= 11 is 3.42. The smallest absolute Gasteiger partial charge is 0.0419 e. The second-order valence-corrected chi connectivity index (χ2v) is 5.75. The van der Waals surface area contributed by atoms with Crippen LogP contribution in [0.2, 0.25) is 0 Å². The van der Waals surface area contributed by atoms with Crippen LogP contribution in [0.4, 0.5) is 0 Å². The van der Waals surface area contributed by atoms with Gasteiger partial charge in [-0.1, -0.05) is 33.6 Å². The summed E-state index contributed by atoms with van der Waals surface area (Å²) in [5.74, 6) is 0. The molecule has 1 atom stereocenters. The number of nitrogens with zero attached hydrogens (tertiary/aromatic N) is 1. The number of hydrogen-bond acceptors (Lipinski definition) is 2. The predicted molar refractivity (Wildman–Crippen MR) is 77.2 cm³/mol. The number of unbranched alkanes of at least 4 members (excludes halogenated alkanes) is 1. The van der Waals surface area contributed by atoms with Crippen molar-refractivity contribution in [3.8, 4) is 0 Å². The van der Waals surface area contributed by atoms with Crippen LogP contribution in [-0.4, -0.2) is 17.1 Å². The van der Waals surface area contributed by atoms with Gasteiger partial charge in [-0.2, -0.15) is 0 Å². The summed E-state index contributed by atoms with van der Waals surface area (Å²) in [6.07, 6.45) is 6.66. The third-order valence-corrected chi connectivity index (χ3v) is 3.19. The Labute approximate surface area is 113 Å². The molecule has 0 saturated heterocycles. The van der Waals surface area contributed by atoms with Crippen LogP contribution in [0.15, 0.2) is 22.8 Å². The molecular formula is C14H23BrN2. The molecular weight excluding hydrogens is 276 g/mol. The van der Waals surface area contributed by atoms with Crippen LogP contribution in [0.3, 0.4) is 0 Å². The van der Waals surface area contributed by atoms with Crippen molar-refractivity contribution in [1.82, 2.24) is 10.3 Å². The number of halogens is 1. The number of aromatic nitrogens is 1. The molecule has 0 radical (unpaired) electrons. The van der Waals surface area contributed by atoms with E-state index in [2.05, 4.69) is 59.1 Å². The first-order chi connectivity index (χ1) is 8.11. The maximum atomic E-state index is 4.45. The lowest BCUT2D eigenvalue weighted by Gasteiger charge is -2.20. The van der Waals surface area contributed by atoms with Crippen LogP contribution < -0.4 is 5.32 Å². The number of hydrogen-bond donors (Lipinski definition) is 1. The standard InChI is InChI=1S/C14H23BrN2/c1-4-5-6-14(17-11(2)3)9-13-8-7-12(15)10-16-13/h7-8,10-11,14,17H,4-6,9H2,1-3H3. The number of pyridine rings is 1. The van der Waals surface area contributed by atoms with E-state index in [1.807, 2.05) is 6.20 Å². The lowest BCUT2D eigenvalue weighted by molar-refractivity contribution is 0.422. The van der Waals surface area contributed by atoms with Crippen molar-refractivity contribution in [3.63, 3.8) is 0 Å². The quantitative estimate of drug-likeness (QED) is 0.825. The van der Waals surface area contributed by atoms with E-state index < -0.39 is 0 Å². The molecule has 0 saturated carbocycles. The molecule has 1 aromatic heterocycles. The molecule has 2 nitrogen and oxygen atoms in total. The monoisotopic (exact) mass is 298 g/mol. The van der Waals surface area contributed by atoms with Crippen LogP contribution in [0.1, 0.15) is 45.7 Å². The summed E-state index contributed by atoms with van der Waals surface area (Å²) in [4.78, 5) is 4.45. The average Bonchev–Trinajstić information content (AvgIpc) is 2.28. The van der Waals surface area contributed by atoms with Gasteiger partial charge in [0, 0.05) is 34.9 Å². The van der Waals surface area contributed by atoms with Gasteiger partial charge in [0.05, 0.1) is 0 Å². The fourth-order valence-corrected chi connectivity index (χ4v) is 2.18. The topological polar surface area (TPSA) is 24.9 Å². The molecule has 0 bridgehead atoms. The van der Waals surface area contributed by atoms with Crippen LogP contribution in [0, 0.1) is 0 Å². The molecule has 0 aliphatic carbocycles. The lowest BCUT2D eigenvalue weighted by atomic mass is 10.0. The van der Waals surface area contributed by atoms with Crippen molar-refractivity contribution in [2.45, 2.75) is 58.5 Å². The van der Waals surface area contributed by atoms with Crippen molar-refractivity contribution in [1.29, 1.82) is 0 Å². The molecule has 0 aliphatic rings. The van der Waals surface area contributed by atoms with Gasteiger partial charge in [0.2, 0.25) is 0 Å². The summed E-state index contributed by atoms with van der Waals surface area (Å²) in [5, 5.41) is 3.63. The fourth-order valence-electron chi connectivity index (χ4n) is 1.95. The molecule has 0 aliphatic heterocycles. The normalized spacial score (nSPS) is 13.0. The van der Waals surface area contributed by atoms with Crippen molar-refractivity contribution in [2.24, 2.45) is 0 Å². The number of rotatable bonds is 7. The largest absolute Gasteiger partial charge is 0.311 e. The second-order valence-electron chi connectivity index (χ2n) is 4.83. The van der Waals surface area contributed by atoms with E-state index in [-0.39, 0.29) is 0 Å². The Hall–Kier alpha value is -0.410. The van der Waals surface area contributed by atoms with E-state index in [1.54, 1.807) is 0 Å². The van der Waals surface area contributed by atoms with Gasteiger partial charge in [-0.15, -0.1) is 0 Å². The molecule has 1 heterocycles. The molecule has 0 aromatic carbocycles. The Morgan fingerprint density at radius 2 is 2.12 bits per heavy atom. The van der Waals surface area contributed by atoms with Gasteiger partial charge in [0.25, 0.3) is 0 Å². The zero-order valence-electron chi connectivity index (χ0n) is 11.0. The molecule has 1 aromatic rings. The molecule has 96 valence electrons. The highest BCUT2D eigenvalue weighted by molar-refractivity contribution is 9.10. The Balaban J connectivity index is 2.54. The van der Waals surface area contributed by atoms with Gasteiger partial charge in [-0.3, -0.25) is 4.98 Å². The molecule has 0 spiro atoms. The molecule has 1 N–H and O–H groups in total. The Bertz CT molecular complexity index is 309. The molecule has 0 amide bonds. The Morgan fingerprint density at radius 3 is 2.65 bits per heavy atom. The second kappa shape index (κ2) is 7.83. The van der Waals surface area contributed by atoms with Crippen LogP contribution in [-0.2, 0) is 6.42 Å². The third kappa shape index (κ3) is 6.18. The van der Waals surface area contributed by atoms with E-state index in [0.29, 0.717) is 12.1 Å². The highest BCUT2D eigenvalue weighted by atomic mass is 79.9. The van der Waals surface area contributed by atoms with E-state index in [9.17, 15) is 0 Å². The predicted octanol–water partition coefficient (Wildman–Crippen LogP) is 3.94. The summed E-state index contributed by atoms with van der Waals surface area (Å²) in [6, 6.07) is 5.25. The van der Waals surface area contributed by atoms with E-state index in [4.69, 9.17) is 0 Å². The zero-order chi connectivity index (χ0) is 12.7. The Kier molecular flexibility index (Phi) is 6.75. The molecule has 1 rings (SSSR count). The SMILES string of the molecule is CCCCC(Cc1ccc(Br)cn1)NC(C)C. The zero-order valence-corrected chi connectivity index (χ0v) is 12.6. The minimum atomic E-state index is 0.535. The highest BCUT2D eigenvalue weighted by Gasteiger charge is 2.10. The van der Waals surface area contributed by atoms with Gasteiger partial charge in [0.1, 0.15) is 0 Å². The molecule has 0 fully saturated rings. The minimum absolute atomic E-state index is 0.535. The highest BCUT2D eigenvalue weighted by Crippen LogP contribution is 2.11. The first kappa shape index (κ1) is 14.7. The maximum absolute atomic E-state index is 4.45. The van der Waals surface area contributed by atoms with Crippen molar-refractivity contribution >= 4 is 15.9 Å². The number of nitrogens with one attached hydrogen (secondary N) is 1. The summed E-state index contributed by atoms with van der Waals surface area (Å²) in [6.45, 7) is 6.65. The Morgan fingerprint density at radius 1 is 1.35 bits per heavy atom. The minimum Gasteiger partial charge on any atom is -0.311 e. The summed E-state index contributed by atoms with van der Waals surface area (Å²) in [5.41, 5.74) is 1.17. The molecule has 17 heavy (non-hydrogen) atoms. The first-order valence-electron chi connectivity index (χ1n) is 6.48. The summed E-state index contributed by atoms with van der Waals surface area (Å²) in [7, 11) is 0. The van der Waals surface area contributed by atoms with Crippen molar-refractivity contribution in [3.05, 3.63) is 28.5 Å². The van der Waals surface area contributed by atoms with Crippen LogP contribution in [0.25, 0.3) is 0 Å². The maximum Gasteiger partial charge on any atom is 0.0419 e. The van der Waals surface area contributed by atoms with Gasteiger partial charge in [-0.25, -0.2) is 0 Å². The molecule has 3 heteroatoms. The van der Waals surface area contributed by atoms with Gasteiger partial charge < -0.3 is 5.32 Å². The van der Waals surface area contributed by atoms with Gasteiger partial charge in [0.15, 0.2) is 0 Å². The third-order valence-electron chi connectivity index (χ3n) is 2.72. The van der Waals surface area contributed by atoms with Crippen LogP contribution >= 0.6 is 15.9 Å². The summed E-state index contributed by atoms with van der Waals surface area (Å²) < 4.78 is 1.04. The fraction of sp³-hybridized carbons (Fsp3) is 0.643. The van der Waals surface area contributed by atoms with Gasteiger partial charge in [-0.05, 0) is 34.5 Å². The average molecular weight is 299 g/mol. The van der Waals surface area contributed by atoms with Crippen LogP contribution in [0.5, 0.6) is 0 Å². The van der Waals surface area contributed by atoms with E-state index >= 15 is 0 Å². The van der Waals surface area contributed by atoms with Gasteiger partial charge >= 0.3 is 0 Å². The van der Waals surface area contributed by atoms with E-state index in [1.165, 1.54) is 25.0 Å². The molecule has 1 unspecified atom stereocenters.